The number of ether oxygens (including phenoxy) is 1. The SMILES string of the molecule is CC(=O)NCC(=O)Oc1ccc2c(c1)CCC1C2CCC2(C)C(=O)CC(CCC(=O)Nc3ncc(C)s3)C12. The zero-order valence-electron chi connectivity index (χ0n) is 22.2. The van der Waals surface area contributed by atoms with Gasteiger partial charge in [-0.15, -0.1) is 11.3 Å². The molecule has 2 N–H and O–H groups in total. The molecule has 0 aliphatic heterocycles. The number of nitrogens with one attached hydrogen (secondary N) is 2. The van der Waals surface area contributed by atoms with Crippen molar-refractivity contribution in [3.8, 4) is 5.75 Å². The van der Waals surface area contributed by atoms with Crippen LogP contribution in [0.5, 0.6) is 5.75 Å². The molecule has 5 rings (SSSR count). The molecule has 0 spiro atoms. The number of fused-ring (bicyclic) bond motifs is 5. The standard InChI is InChI=1S/C29H35N3O5S/c1-16-14-31-28(38-16)32-25(35)9-5-19-13-24(34)29(3)11-10-22-21-8-6-20(37-26(36)15-30-17(2)33)12-18(21)4-7-23(22)27(19)29/h6,8,12,14,19,22-23,27H,4-5,7,9-11,13,15H2,1-3H3,(H,30,33)(H,31,32,35). The zero-order valence-corrected chi connectivity index (χ0v) is 23.0. The van der Waals surface area contributed by atoms with E-state index in [2.05, 4.69) is 28.6 Å². The maximum absolute atomic E-state index is 13.3. The number of Topliss-reactive ketones (excluding diaryl/α,β-unsaturated/α-hetero) is 1. The first-order valence-corrected chi connectivity index (χ1v) is 14.3. The number of benzene rings is 1. The quantitative estimate of drug-likeness (QED) is 0.395. The van der Waals surface area contributed by atoms with Gasteiger partial charge < -0.3 is 15.4 Å². The third-order valence-corrected chi connectivity index (χ3v) is 9.69. The molecule has 3 aliphatic rings. The minimum Gasteiger partial charge on any atom is -0.425 e. The number of carbonyl (C=O) groups excluding carboxylic acids is 4. The Morgan fingerprint density at radius 1 is 1.24 bits per heavy atom. The lowest BCUT2D eigenvalue weighted by Gasteiger charge is -2.50. The van der Waals surface area contributed by atoms with Crippen LogP contribution in [0.15, 0.2) is 24.4 Å². The summed E-state index contributed by atoms with van der Waals surface area (Å²) in [6.45, 7) is 5.32. The summed E-state index contributed by atoms with van der Waals surface area (Å²) in [6, 6.07) is 5.86. The topological polar surface area (TPSA) is 114 Å². The van der Waals surface area contributed by atoms with Crippen molar-refractivity contribution in [2.24, 2.45) is 23.2 Å². The van der Waals surface area contributed by atoms with Crippen molar-refractivity contribution in [3.05, 3.63) is 40.4 Å². The van der Waals surface area contributed by atoms with Gasteiger partial charge >= 0.3 is 5.97 Å². The fourth-order valence-electron chi connectivity index (χ4n) is 7.22. The van der Waals surface area contributed by atoms with Gasteiger partial charge in [-0.3, -0.25) is 14.4 Å². The Morgan fingerprint density at radius 3 is 2.79 bits per heavy atom. The minimum absolute atomic E-state index is 0.0395. The first-order valence-electron chi connectivity index (χ1n) is 13.5. The van der Waals surface area contributed by atoms with E-state index in [4.69, 9.17) is 4.74 Å². The predicted molar refractivity (Wildman–Crippen MR) is 144 cm³/mol. The molecule has 0 saturated heterocycles. The number of aryl methyl sites for hydroxylation is 2. The highest BCUT2D eigenvalue weighted by molar-refractivity contribution is 7.15. The van der Waals surface area contributed by atoms with Crippen LogP contribution < -0.4 is 15.4 Å². The maximum atomic E-state index is 13.3. The summed E-state index contributed by atoms with van der Waals surface area (Å²) in [4.78, 5) is 54.3. The summed E-state index contributed by atoms with van der Waals surface area (Å²) in [5.41, 5.74) is 2.17. The third-order valence-electron chi connectivity index (χ3n) is 8.87. The Balaban J connectivity index is 1.28. The number of nitrogens with zero attached hydrogens (tertiary/aromatic N) is 1. The van der Waals surface area contributed by atoms with Gasteiger partial charge in [0.2, 0.25) is 11.8 Å². The Labute approximate surface area is 226 Å². The van der Waals surface area contributed by atoms with Crippen molar-refractivity contribution in [3.63, 3.8) is 0 Å². The van der Waals surface area contributed by atoms with Crippen LogP contribution in [-0.4, -0.2) is 35.1 Å². The number of ketones is 1. The number of esters is 1. The van der Waals surface area contributed by atoms with Gasteiger partial charge in [0.15, 0.2) is 5.13 Å². The van der Waals surface area contributed by atoms with Crippen LogP contribution in [0.3, 0.4) is 0 Å². The molecule has 5 unspecified atom stereocenters. The van der Waals surface area contributed by atoms with Gasteiger partial charge in [0.1, 0.15) is 18.1 Å². The molecule has 1 aromatic carbocycles. The van der Waals surface area contributed by atoms with Crippen LogP contribution in [-0.2, 0) is 25.6 Å². The number of hydrogen-bond donors (Lipinski definition) is 2. The molecule has 1 heterocycles. The molecule has 202 valence electrons. The summed E-state index contributed by atoms with van der Waals surface area (Å²) in [5, 5.41) is 5.99. The number of rotatable bonds is 7. The van der Waals surface area contributed by atoms with Gasteiger partial charge in [0, 0.05) is 36.3 Å². The van der Waals surface area contributed by atoms with E-state index >= 15 is 0 Å². The van der Waals surface area contributed by atoms with Crippen molar-refractivity contribution in [1.82, 2.24) is 10.3 Å². The normalized spacial score (nSPS) is 27.6. The molecule has 2 aromatic rings. The number of aromatic nitrogens is 1. The highest BCUT2D eigenvalue weighted by Crippen LogP contribution is 2.62. The number of amides is 2. The molecule has 5 atom stereocenters. The summed E-state index contributed by atoms with van der Waals surface area (Å²) in [6.07, 6.45) is 7.10. The molecule has 38 heavy (non-hydrogen) atoms. The fourth-order valence-corrected chi connectivity index (χ4v) is 7.90. The molecule has 0 radical (unpaired) electrons. The van der Waals surface area contributed by atoms with Gasteiger partial charge in [-0.25, -0.2) is 9.78 Å². The number of thiazole rings is 1. The third kappa shape index (κ3) is 5.25. The lowest BCUT2D eigenvalue weighted by molar-refractivity contribution is -0.135. The van der Waals surface area contributed by atoms with Gasteiger partial charge in [-0.05, 0) is 86.0 Å². The summed E-state index contributed by atoms with van der Waals surface area (Å²) >= 11 is 1.47. The van der Waals surface area contributed by atoms with E-state index in [1.54, 1.807) is 6.20 Å². The van der Waals surface area contributed by atoms with Crippen molar-refractivity contribution >= 4 is 40.0 Å². The van der Waals surface area contributed by atoms with E-state index in [1.807, 2.05) is 19.1 Å². The van der Waals surface area contributed by atoms with Crippen LogP contribution in [0.25, 0.3) is 0 Å². The van der Waals surface area contributed by atoms with E-state index in [0.29, 0.717) is 47.8 Å². The minimum atomic E-state index is -0.497. The van der Waals surface area contributed by atoms with Gasteiger partial charge in [0.05, 0.1) is 0 Å². The number of anilines is 1. The molecule has 3 aliphatic carbocycles. The highest BCUT2D eigenvalue weighted by Gasteiger charge is 2.58. The highest BCUT2D eigenvalue weighted by atomic mass is 32.1. The molecule has 0 bridgehead atoms. The molecule has 1 aromatic heterocycles. The molecule has 8 nitrogen and oxygen atoms in total. The second-order valence-electron chi connectivity index (χ2n) is 11.3. The van der Waals surface area contributed by atoms with E-state index < -0.39 is 5.97 Å². The van der Waals surface area contributed by atoms with Gasteiger partial charge in [-0.1, -0.05) is 13.0 Å². The first-order chi connectivity index (χ1) is 18.1. The molecular weight excluding hydrogens is 502 g/mol. The van der Waals surface area contributed by atoms with Crippen molar-refractivity contribution in [2.75, 3.05) is 11.9 Å². The number of carbonyl (C=O) groups is 4. The summed E-state index contributed by atoms with van der Waals surface area (Å²) in [7, 11) is 0. The van der Waals surface area contributed by atoms with E-state index in [-0.39, 0.29) is 35.6 Å². The van der Waals surface area contributed by atoms with Crippen molar-refractivity contribution < 1.29 is 23.9 Å². The Kier molecular flexibility index (Phi) is 7.40. The predicted octanol–water partition coefficient (Wildman–Crippen LogP) is 4.56. The van der Waals surface area contributed by atoms with Crippen molar-refractivity contribution in [2.45, 2.75) is 71.6 Å². The Bertz CT molecular complexity index is 1270. The van der Waals surface area contributed by atoms with Crippen LogP contribution >= 0.6 is 11.3 Å². The first kappa shape index (κ1) is 26.5. The lowest BCUT2D eigenvalue weighted by atomic mass is 9.54. The van der Waals surface area contributed by atoms with Crippen molar-refractivity contribution in [1.29, 1.82) is 0 Å². The average molecular weight is 538 g/mol. The number of hydrogen-bond acceptors (Lipinski definition) is 7. The van der Waals surface area contributed by atoms with E-state index in [0.717, 1.165) is 30.6 Å². The second kappa shape index (κ2) is 10.6. The Hall–Kier alpha value is -3.07. The smallest absolute Gasteiger partial charge is 0.330 e. The van der Waals surface area contributed by atoms with Crippen LogP contribution in [0.4, 0.5) is 5.13 Å². The monoisotopic (exact) mass is 537 g/mol. The van der Waals surface area contributed by atoms with Crippen LogP contribution in [0.1, 0.15) is 74.3 Å². The van der Waals surface area contributed by atoms with Gasteiger partial charge in [0.25, 0.3) is 0 Å². The fraction of sp³-hybridized carbons (Fsp3) is 0.552. The molecule has 2 fully saturated rings. The largest absolute Gasteiger partial charge is 0.425 e. The second-order valence-corrected chi connectivity index (χ2v) is 12.5. The summed E-state index contributed by atoms with van der Waals surface area (Å²) in [5.74, 6) is 1.28. The lowest BCUT2D eigenvalue weighted by Crippen LogP contribution is -2.44. The van der Waals surface area contributed by atoms with Crippen LogP contribution in [0.2, 0.25) is 0 Å². The molecule has 9 heteroatoms. The molecule has 2 amide bonds. The Morgan fingerprint density at radius 2 is 2.05 bits per heavy atom. The maximum Gasteiger partial charge on any atom is 0.330 e. The zero-order chi connectivity index (χ0) is 27.0. The molecular formula is C29H35N3O5S. The van der Waals surface area contributed by atoms with E-state index in [1.165, 1.54) is 29.4 Å². The summed E-state index contributed by atoms with van der Waals surface area (Å²) < 4.78 is 5.44. The average Bonchev–Trinajstić information content (AvgIpc) is 3.40. The van der Waals surface area contributed by atoms with E-state index in [9.17, 15) is 19.2 Å². The van der Waals surface area contributed by atoms with Gasteiger partial charge in [-0.2, -0.15) is 0 Å². The van der Waals surface area contributed by atoms with Crippen LogP contribution in [0, 0.1) is 30.1 Å². The molecule has 2 saturated carbocycles.